The van der Waals surface area contributed by atoms with Crippen LogP contribution in [-0.4, -0.2) is 33.2 Å². The standard InChI is InChI=1S/C22H24N2O5S/c1-5-29-22(28)18-13(3)17-19(30-18)23-14(4)24(20(17)25)16(21(26)27)11-10-15-8-6-12(2)7-9-15/h6-9,16H,5,10-11H2,1-4H3,(H,26,27). The zero-order chi connectivity index (χ0) is 22.0. The number of benzene rings is 1. The molecule has 1 unspecified atom stereocenters. The average Bonchev–Trinajstić information content (AvgIpc) is 3.02. The Labute approximate surface area is 178 Å². The number of aliphatic carboxylic acids is 1. The molecule has 0 aliphatic carbocycles. The lowest BCUT2D eigenvalue weighted by atomic mass is 10.0. The summed E-state index contributed by atoms with van der Waals surface area (Å²) < 4.78 is 6.29. The van der Waals surface area contributed by atoms with Crippen LogP contribution in [0.3, 0.4) is 0 Å². The SMILES string of the molecule is CCOC(=O)c1sc2nc(C)n(C(CCc3ccc(C)cc3)C(=O)O)c(=O)c2c1C. The fourth-order valence-electron chi connectivity index (χ4n) is 3.48. The number of carboxylic acids is 1. The smallest absolute Gasteiger partial charge is 0.348 e. The summed E-state index contributed by atoms with van der Waals surface area (Å²) in [5, 5.41) is 10.1. The topological polar surface area (TPSA) is 98.5 Å². The molecule has 1 aromatic carbocycles. The first kappa shape index (κ1) is 21.7. The number of aryl methyl sites for hydroxylation is 4. The Morgan fingerprint density at radius 2 is 1.87 bits per heavy atom. The fraction of sp³-hybridized carbons (Fsp3) is 0.364. The minimum absolute atomic E-state index is 0.226. The van der Waals surface area contributed by atoms with E-state index in [1.165, 1.54) is 4.57 Å². The Kier molecular flexibility index (Phi) is 6.36. The van der Waals surface area contributed by atoms with Crippen molar-refractivity contribution in [3.63, 3.8) is 0 Å². The Hall–Kier alpha value is -3.00. The molecule has 7 nitrogen and oxygen atoms in total. The molecule has 2 heterocycles. The van der Waals surface area contributed by atoms with Crippen molar-refractivity contribution in [1.82, 2.24) is 9.55 Å². The highest BCUT2D eigenvalue weighted by Gasteiger charge is 2.27. The first-order valence-electron chi connectivity index (χ1n) is 9.72. The van der Waals surface area contributed by atoms with Crippen molar-refractivity contribution in [3.8, 4) is 0 Å². The predicted octanol–water partition coefficient (Wildman–Crippen LogP) is 3.82. The average molecular weight is 429 g/mol. The van der Waals surface area contributed by atoms with Crippen LogP contribution in [0.2, 0.25) is 0 Å². The molecule has 2 aromatic heterocycles. The van der Waals surface area contributed by atoms with Gasteiger partial charge < -0.3 is 9.84 Å². The molecule has 3 rings (SSSR count). The van der Waals surface area contributed by atoms with E-state index in [1.54, 1.807) is 20.8 Å². The lowest BCUT2D eigenvalue weighted by molar-refractivity contribution is -0.141. The number of rotatable bonds is 7. The third-order valence-corrected chi connectivity index (χ3v) is 6.22. The van der Waals surface area contributed by atoms with Crippen LogP contribution in [0.1, 0.15) is 51.6 Å². The maximum atomic E-state index is 13.3. The third kappa shape index (κ3) is 4.14. The van der Waals surface area contributed by atoms with Gasteiger partial charge in [0, 0.05) is 0 Å². The Bertz CT molecular complexity index is 1160. The van der Waals surface area contributed by atoms with E-state index in [0.29, 0.717) is 27.5 Å². The van der Waals surface area contributed by atoms with Crippen LogP contribution in [-0.2, 0) is 16.0 Å². The first-order chi connectivity index (χ1) is 14.2. The van der Waals surface area contributed by atoms with Crippen molar-refractivity contribution >= 4 is 33.5 Å². The van der Waals surface area contributed by atoms with E-state index in [9.17, 15) is 19.5 Å². The molecular formula is C22H24N2O5S. The van der Waals surface area contributed by atoms with Gasteiger partial charge in [-0.1, -0.05) is 29.8 Å². The highest BCUT2D eigenvalue weighted by Crippen LogP contribution is 2.29. The molecule has 0 amide bonds. The number of hydrogen-bond donors (Lipinski definition) is 1. The van der Waals surface area contributed by atoms with Gasteiger partial charge in [-0.05, 0) is 51.7 Å². The largest absolute Gasteiger partial charge is 0.480 e. The van der Waals surface area contributed by atoms with E-state index >= 15 is 0 Å². The molecule has 158 valence electrons. The summed E-state index contributed by atoms with van der Waals surface area (Å²) >= 11 is 1.09. The van der Waals surface area contributed by atoms with Gasteiger partial charge in [-0.3, -0.25) is 9.36 Å². The monoisotopic (exact) mass is 428 g/mol. The van der Waals surface area contributed by atoms with Crippen LogP contribution >= 0.6 is 11.3 Å². The summed E-state index contributed by atoms with van der Waals surface area (Å²) in [6.07, 6.45) is 0.762. The van der Waals surface area contributed by atoms with Gasteiger partial charge in [-0.2, -0.15) is 0 Å². The maximum absolute atomic E-state index is 13.3. The van der Waals surface area contributed by atoms with E-state index in [4.69, 9.17) is 4.74 Å². The van der Waals surface area contributed by atoms with E-state index < -0.39 is 23.5 Å². The number of carboxylic acid groups (broad SMARTS) is 1. The second-order valence-electron chi connectivity index (χ2n) is 7.17. The minimum atomic E-state index is -1.09. The van der Waals surface area contributed by atoms with Gasteiger partial charge in [-0.15, -0.1) is 11.3 Å². The number of esters is 1. The van der Waals surface area contributed by atoms with E-state index in [1.807, 2.05) is 31.2 Å². The molecule has 0 aliphatic heterocycles. The Balaban J connectivity index is 2.04. The highest BCUT2D eigenvalue weighted by molar-refractivity contribution is 7.20. The van der Waals surface area contributed by atoms with Crippen LogP contribution in [0.5, 0.6) is 0 Å². The molecule has 1 atom stereocenters. The number of ether oxygens (including phenoxy) is 1. The van der Waals surface area contributed by atoms with Crippen molar-refractivity contribution in [1.29, 1.82) is 0 Å². The lowest BCUT2D eigenvalue weighted by Crippen LogP contribution is -2.33. The number of nitrogens with zero attached hydrogens (tertiary/aromatic N) is 2. The molecule has 0 saturated carbocycles. The second-order valence-corrected chi connectivity index (χ2v) is 8.17. The summed E-state index contributed by atoms with van der Waals surface area (Å²) in [5.41, 5.74) is 2.16. The molecular weight excluding hydrogens is 404 g/mol. The molecule has 0 spiro atoms. The van der Waals surface area contributed by atoms with E-state index in [-0.39, 0.29) is 18.4 Å². The Morgan fingerprint density at radius 1 is 1.20 bits per heavy atom. The molecule has 30 heavy (non-hydrogen) atoms. The number of carbonyl (C=O) groups is 2. The predicted molar refractivity (Wildman–Crippen MR) is 115 cm³/mol. The van der Waals surface area contributed by atoms with E-state index in [2.05, 4.69) is 4.98 Å². The number of aromatic nitrogens is 2. The fourth-order valence-corrected chi connectivity index (χ4v) is 4.59. The molecule has 1 N–H and O–H groups in total. The number of hydrogen-bond acceptors (Lipinski definition) is 6. The summed E-state index contributed by atoms with van der Waals surface area (Å²) in [7, 11) is 0. The summed E-state index contributed by atoms with van der Waals surface area (Å²) in [4.78, 5) is 42.7. The number of fused-ring (bicyclic) bond motifs is 1. The zero-order valence-electron chi connectivity index (χ0n) is 17.4. The van der Waals surface area contributed by atoms with Gasteiger partial charge in [0.1, 0.15) is 21.6 Å². The van der Waals surface area contributed by atoms with Crippen molar-refractivity contribution in [2.45, 2.75) is 46.6 Å². The normalized spacial score (nSPS) is 12.1. The molecule has 0 fully saturated rings. The van der Waals surface area contributed by atoms with Gasteiger partial charge in [-0.25, -0.2) is 14.6 Å². The summed E-state index contributed by atoms with van der Waals surface area (Å²) in [5.74, 6) is -1.29. The maximum Gasteiger partial charge on any atom is 0.348 e. The van der Waals surface area contributed by atoms with Crippen molar-refractivity contribution in [2.75, 3.05) is 6.61 Å². The molecule has 8 heteroatoms. The van der Waals surface area contributed by atoms with Crippen LogP contribution in [0.15, 0.2) is 29.1 Å². The van der Waals surface area contributed by atoms with Crippen LogP contribution in [0.4, 0.5) is 0 Å². The molecule has 0 bridgehead atoms. The molecule has 3 aromatic rings. The van der Waals surface area contributed by atoms with Crippen molar-refractivity contribution in [3.05, 3.63) is 62.0 Å². The summed E-state index contributed by atoms with van der Waals surface area (Å²) in [6, 6.07) is 6.81. The number of thiophene rings is 1. The van der Waals surface area contributed by atoms with Crippen molar-refractivity contribution in [2.24, 2.45) is 0 Å². The van der Waals surface area contributed by atoms with Gasteiger partial charge in [0.25, 0.3) is 5.56 Å². The Morgan fingerprint density at radius 3 is 2.47 bits per heavy atom. The van der Waals surface area contributed by atoms with Gasteiger partial charge >= 0.3 is 11.9 Å². The highest BCUT2D eigenvalue weighted by atomic mass is 32.1. The second kappa shape index (κ2) is 8.79. The van der Waals surface area contributed by atoms with Crippen LogP contribution in [0, 0.1) is 20.8 Å². The van der Waals surface area contributed by atoms with Crippen LogP contribution < -0.4 is 5.56 Å². The first-order valence-corrected chi connectivity index (χ1v) is 10.5. The lowest BCUT2D eigenvalue weighted by Gasteiger charge is -2.18. The summed E-state index contributed by atoms with van der Waals surface area (Å²) in [6.45, 7) is 7.20. The van der Waals surface area contributed by atoms with Crippen molar-refractivity contribution < 1.29 is 19.4 Å². The van der Waals surface area contributed by atoms with Gasteiger partial charge in [0.2, 0.25) is 0 Å². The zero-order valence-corrected chi connectivity index (χ0v) is 18.2. The minimum Gasteiger partial charge on any atom is -0.480 e. The third-order valence-electron chi connectivity index (χ3n) is 5.06. The molecule has 0 radical (unpaired) electrons. The molecule has 0 aliphatic rings. The van der Waals surface area contributed by atoms with Gasteiger partial charge in [0.05, 0.1) is 12.0 Å². The quantitative estimate of drug-likeness (QED) is 0.575. The van der Waals surface area contributed by atoms with Crippen LogP contribution in [0.25, 0.3) is 10.2 Å². The van der Waals surface area contributed by atoms with Gasteiger partial charge in [0.15, 0.2) is 0 Å². The van der Waals surface area contributed by atoms with E-state index in [0.717, 1.165) is 22.5 Å². The number of carbonyl (C=O) groups excluding carboxylic acids is 1. The molecule has 0 saturated heterocycles.